The van der Waals surface area contributed by atoms with Crippen molar-refractivity contribution in [2.45, 2.75) is 0 Å². The number of anilines is 3. The number of hydrogen-bond donors (Lipinski definition) is 3. The van der Waals surface area contributed by atoms with Gasteiger partial charge in [-0.2, -0.15) is 0 Å². The Balaban J connectivity index is 2.32. The average molecular weight is 356 g/mol. The molecular weight excluding hydrogens is 344 g/mol. The third-order valence-corrected chi connectivity index (χ3v) is 3.43. The highest BCUT2D eigenvalue weighted by atomic mass is 79.9. The largest absolute Gasteiger partial charge is 0.397 e. The maximum Gasteiger partial charge on any atom is 0.251 e. The monoisotopic (exact) mass is 355 g/mol. The summed E-state index contributed by atoms with van der Waals surface area (Å²) in [7, 11) is 1.50. The number of nitrogen functional groups attached to an aromatic ring is 1. The summed E-state index contributed by atoms with van der Waals surface area (Å²) >= 11 is 2.90. The number of benzene rings is 2. The Labute approximate surface area is 128 Å². The van der Waals surface area contributed by atoms with Crippen molar-refractivity contribution >= 4 is 38.9 Å². The minimum absolute atomic E-state index is 0.0356. The maximum atomic E-state index is 13.7. The molecule has 0 bridgehead atoms. The average Bonchev–Trinajstić information content (AvgIpc) is 2.45. The fourth-order valence-electron chi connectivity index (χ4n) is 1.73. The van der Waals surface area contributed by atoms with Gasteiger partial charge < -0.3 is 16.4 Å². The van der Waals surface area contributed by atoms with Crippen LogP contribution in [0.15, 0.2) is 34.8 Å². The Morgan fingerprint density at radius 2 is 1.86 bits per heavy atom. The second-order valence-corrected chi connectivity index (χ2v) is 5.11. The van der Waals surface area contributed by atoms with Crippen molar-refractivity contribution in [3.63, 3.8) is 0 Å². The first-order valence-electron chi connectivity index (χ1n) is 5.95. The zero-order valence-electron chi connectivity index (χ0n) is 11.0. The van der Waals surface area contributed by atoms with Crippen molar-refractivity contribution in [2.75, 3.05) is 18.1 Å². The zero-order valence-corrected chi connectivity index (χ0v) is 12.6. The lowest BCUT2D eigenvalue weighted by Crippen LogP contribution is -2.18. The fourth-order valence-corrected chi connectivity index (χ4v) is 2.04. The summed E-state index contributed by atoms with van der Waals surface area (Å²) < 4.78 is 27.2. The van der Waals surface area contributed by atoms with Crippen LogP contribution in [0.5, 0.6) is 0 Å². The summed E-state index contributed by atoms with van der Waals surface area (Å²) in [6.07, 6.45) is 0. The lowest BCUT2D eigenvalue weighted by molar-refractivity contribution is 0.0963. The molecule has 0 unspecified atom stereocenters. The van der Waals surface area contributed by atoms with Crippen LogP contribution in [0.2, 0.25) is 0 Å². The molecule has 0 spiro atoms. The van der Waals surface area contributed by atoms with Crippen LogP contribution in [0, 0.1) is 11.6 Å². The lowest BCUT2D eigenvalue weighted by atomic mass is 10.1. The molecule has 2 rings (SSSR count). The number of carbonyl (C=O) groups is 1. The van der Waals surface area contributed by atoms with Crippen molar-refractivity contribution in [2.24, 2.45) is 0 Å². The SMILES string of the molecule is CNC(=O)c1ccc(Nc2cc(F)c(Br)cc2F)c(N)c1. The lowest BCUT2D eigenvalue weighted by Gasteiger charge is -2.12. The van der Waals surface area contributed by atoms with E-state index >= 15 is 0 Å². The number of hydrogen-bond acceptors (Lipinski definition) is 3. The predicted molar refractivity (Wildman–Crippen MR) is 81.6 cm³/mol. The van der Waals surface area contributed by atoms with Crippen LogP contribution >= 0.6 is 15.9 Å². The normalized spacial score (nSPS) is 10.3. The molecule has 0 atom stereocenters. The Morgan fingerprint density at radius 1 is 1.14 bits per heavy atom. The smallest absolute Gasteiger partial charge is 0.251 e. The van der Waals surface area contributed by atoms with Gasteiger partial charge in [-0.25, -0.2) is 8.78 Å². The summed E-state index contributed by atoms with van der Waals surface area (Å²) in [5.41, 5.74) is 6.77. The van der Waals surface area contributed by atoms with Crippen molar-refractivity contribution in [3.8, 4) is 0 Å². The molecular formula is C14H12BrF2N3O. The van der Waals surface area contributed by atoms with Crippen molar-refractivity contribution in [1.29, 1.82) is 0 Å². The van der Waals surface area contributed by atoms with Crippen LogP contribution < -0.4 is 16.4 Å². The van der Waals surface area contributed by atoms with Crippen molar-refractivity contribution in [1.82, 2.24) is 5.32 Å². The Morgan fingerprint density at radius 3 is 2.48 bits per heavy atom. The van der Waals surface area contributed by atoms with Gasteiger partial charge in [-0.1, -0.05) is 0 Å². The number of rotatable bonds is 3. The molecule has 0 aliphatic rings. The molecule has 7 heteroatoms. The van der Waals surface area contributed by atoms with Gasteiger partial charge in [0.05, 0.1) is 21.5 Å². The molecule has 1 amide bonds. The Bertz CT molecular complexity index is 707. The summed E-state index contributed by atoms with van der Waals surface area (Å²) in [5.74, 6) is -1.51. The molecule has 0 heterocycles. The van der Waals surface area contributed by atoms with E-state index in [4.69, 9.17) is 5.73 Å². The van der Waals surface area contributed by atoms with Gasteiger partial charge in [0, 0.05) is 18.7 Å². The van der Waals surface area contributed by atoms with Gasteiger partial charge in [-0.15, -0.1) is 0 Å². The molecule has 2 aromatic carbocycles. The number of nitrogens with two attached hydrogens (primary N) is 1. The molecule has 0 saturated heterocycles. The van der Waals surface area contributed by atoms with Crippen LogP contribution in [0.25, 0.3) is 0 Å². The number of carbonyl (C=O) groups excluding carboxylic acids is 1. The first-order valence-corrected chi connectivity index (χ1v) is 6.75. The third kappa shape index (κ3) is 3.30. The first kappa shape index (κ1) is 15.2. The Hall–Kier alpha value is -2.15. The highest BCUT2D eigenvalue weighted by molar-refractivity contribution is 9.10. The molecule has 110 valence electrons. The van der Waals surface area contributed by atoms with E-state index in [0.717, 1.165) is 12.1 Å². The molecule has 0 saturated carbocycles. The van der Waals surface area contributed by atoms with Gasteiger partial charge in [-0.05, 0) is 40.2 Å². The topological polar surface area (TPSA) is 67.2 Å². The van der Waals surface area contributed by atoms with Crippen LogP contribution in [0.1, 0.15) is 10.4 Å². The van der Waals surface area contributed by atoms with E-state index in [0.29, 0.717) is 11.3 Å². The molecule has 0 aliphatic carbocycles. The van der Waals surface area contributed by atoms with Crippen LogP contribution in [-0.4, -0.2) is 13.0 Å². The minimum Gasteiger partial charge on any atom is -0.397 e. The quantitative estimate of drug-likeness (QED) is 0.583. The summed E-state index contributed by atoms with van der Waals surface area (Å²) in [6.45, 7) is 0. The van der Waals surface area contributed by atoms with Crippen LogP contribution in [0.4, 0.5) is 25.8 Å². The molecule has 0 radical (unpaired) electrons. The highest BCUT2D eigenvalue weighted by Crippen LogP contribution is 2.29. The standard InChI is InChI=1S/C14H12BrF2N3O/c1-19-14(21)7-2-3-12(11(18)4-7)20-13-6-9(16)8(15)5-10(13)17/h2-6,20H,18H2,1H3,(H,19,21). The van der Waals surface area contributed by atoms with E-state index in [2.05, 4.69) is 26.6 Å². The van der Waals surface area contributed by atoms with E-state index in [9.17, 15) is 13.6 Å². The fraction of sp³-hybridized carbons (Fsp3) is 0.0714. The molecule has 0 fully saturated rings. The van der Waals surface area contributed by atoms with Crippen molar-refractivity contribution < 1.29 is 13.6 Å². The summed E-state index contributed by atoms with van der Waals surface area (Å²) in [4.78, 5) is 11.5. The second kappa shape index (κ2) is 6.09. The van der Waals surface area contributed by atoms with Crippen LogP contribution in [-0.2, 0) is 0 Å². The third-order valence-electron chi connectivity index (χ3n) is 2.82. The number of nitrogens with one attached hydrogen (secondary N) is 2. The van der Waals surface area contributed by atoms with Gasteiger partial charge in [-0.3, -0.25) is 4.79 Å². The number of halogens is 3. The number of amides is 1. The molecule has 0 aliphatic heterocycles. The Kier molecular flexibility index (Phi) is 4.42. The molecule has 21 heavy (non-hydrogen) atoms. The summed E-state index contributed by atoms with van der Waals surface area (Å²) in [6, 6.07) is 6.55. The molecule has 4 N–H and O–H groups in total. The van der Waals surface area contributed by atoms with E-state index < -0.39 is 11.6 Å². The minimum atomic E-state index is -0.627. The van der Waals surface area contributed by atoms with Gasteiger partial charge in [0.25, 0.3) is 5.91 Å². The second-order valence-electron chi connectivity index (χ2n) is 4.25. The van der Waals surface area contributed by atoms with Gasteiger partial charge in [0.1, 0.15) is 11.6 Å². The maximum absolute atomic E-state index is 13.7. The van der Waals surface area contributed by atoms with Gasteiger partial charge >= 0.3 is 0 Å². The van der Waals surface area contributed by atoms with E-state index in [1.807, 2.05) is 0 Å². The van der Waals surface area contributed by atoms with Gasteiger partial charge in [0.2, 0.25) is 0 Å². The summed E-state index contributed by atoms with van der Waals surface area (Å²) in [5, 5.41) is 5.17. The molecule has 2 aromatic rings. The van der Waals surface area contributed by atoms with E-state index in [-0.39, 0.29) is 21.8 Å². The van der Waals surface area contributed by atoms with E-state index in [1.165, 1.54) is 25.2 Å². The van der Waals surface area contributed by atoms with E-state index in [1.54, 1.807) is 0 Å². The zero-order chi connectivity index (χ0) is 15.6. The predicted octanol–water partition coefficient (Wildman–Crippen LogP) is 3.41. The van der Waals surface area contributed by atoms with Gasteiger partial charge in [0.15, 0.2) is 0 Å². The first-order chi connectivity index (χ1) is 9.92. The van der Waals surface area contributed by atoms with Crippen molar-refractivity contribution in [3.05, 3.63) is 52.0 Å². The molecule has 4 nitrogen and oxygen atoms in total. The highest BCUT2D eigenvalue weighted by Gasteiger charge is 2.11. The van der Waals surface area contributed by atoms with Crippen LogP contribution in [0.3, 0.4) is 0 Å². The molecule has 0 aromatic heterocycles.